The Morgan fingerprint density at radius 3 is 2.79 bits per heavy atom. The van der Waals surface area contributed by atoms with E-state index in [1.54, 1.807) is 6.92 Å². The number of rotatable bonds is 3. The minimum atomic E-state index is -0.384. The summed E-state index contributed by atoms with van der Waals surface area (Å²) in [5.41, 5.74) is 5.50. The molecule has 80 valence electrons. The van der Waals surface area contributed by atoms with Crippen LogP contribution in [0.1, 0.15) is 26.2 Å². The van der Waals surface area contributed by atoms with Gasteiger partial charge < -0.3 is 11.1 Å². The number of nitrogens with two attached hydrogens (primary N) is 1. The Morgan fingerprint density at radius 2 is 2.21 bits per heavy atom. The normalized spacial score (nSPS) is 30.3. The van der Waals surface area contributed by atoms with Gasteiger partial charge in [-0.05, 0) is 26.2 Å². The van der Waals surface area contributed by atoms with E-state index in [4.69, 9.17) is 5.73 Å². The Kier molecular flexibility index (Phi) is 2.74. The van der Waals surface area contributed by atoms with Crippen molar-refractivity contribution in [2.24, 2.45) is 5.73 Å². The summed E-state index contributed by atoms with van der Waals surface area (Å²) in [7, 11) is 0. The van der Waals surface area contributed by atoms with E-state index in [0.29, 0.717) is 6.04 Å². The second-order valence-electron chi connectivity index (χ2n) is 4.51. The van der Waals surface area contributed by atoms with E-state index in [1.165, 1.54) is 12.8 Å². The van der Waals surface area contributed by atoms with E-state index >= 15 is 0 Å². The van der Waals surface area contributed by atoms with Gasteiger partial charge in [0.15, 0.2) is 0 Å². The van der Waals surface area contributed by atoms with Gasteiger partial charge in [-0.2, -0.15) is 0 Å². The topological polar surface area (TPSA) is 58.4 Å². The summed E-state index contributed by atoms with van der Waals surface area (Å²) in [6.07, 6.45) is 3.76. The van der Waals surface area contributed by atoms with Crippen LogP contribution in [-0.2, 0) is 4.79 Å². The maximum absolute atomic E-state index is 11.3. The van der Waals surface area contributed by atoms with Crippen molar-refractivity contribution in [3.63, 3.8) is 0 Å². The molecule has 2 aliphatic rings. The zero-order valence-electron chi connectivity index (χ0n) is 8.70. The molecular formula is C10H19N3O. The number of amides is 1. The van der Waals surface area contributed by atoms with Crippen molar-refractivity contribution in [3.05, 3.63) is 0 Å². The summed E-state index contributed by atoms with van der Waals surface area (Å²) < 4.78 is 0. The minimum Gasteiger partial charge on any atom is -0.351 e. The van der Waals surface area contributed by atoms with Crippen LogP contribution in [0.2, 0.25) is 0 Å². The second-order valence-corrected chi connectivity index (χ2v) is 4.51. The molecule has 1 heterocycles. The Morgan fingerprint density at radius 1 is 1.50 bits per heavy atom. The summed E-state index contributed by atoms with van der Waals surface area (Å²) in [6, 6.07) is 0.756. The third kappa shape index (κ3) is 2.25. The monoisotopic (exact) mass is 197 g/mol. The standard InChI is InChI=1S/C10H19N3O/c1-7(11)10(14)12-8-4-5-13(6-8)9-2-3-9/h7-9H,2-6,11H2,1H3,(H,12,14). The van der Waals surface area contributed by atoms with Crippen LogP contribution in [0.4, 0.5) is 0 Å². The number of nitrogens with zero attached hydrogens (tertiary/aromatic N) is 1. The third-order valence-electron chi connectivity index (χ3n) is 3.04. The fraction of sp³-hybridized carbons (Fsp3) is 0.900. The molecule has 0 bridgehead atoms. The van der Waals surface area contributed by atoms with E-state index in [2.05, 4.69) is 10.2 Å². The molecule has 4 heteroatoms. The molecule has 0 aromatic rings. The van der Waals surface area contributed by atoms with Crippen LogP contribution in [-0.4, -0.2) is 42.0 Å². The molecule has 1 aliphatic carbocycles. The SMILES string of the molecule is CC(N)C(=O)NC1CCN(C2CC2)C1. The average molecular weight is 197 g/mol. The summed E-state index contributed by atoms with van der Waals surface area (Å²) in [5.74, 6) is -0.0207. The van der Waals surface area contributed by atoms with Crippen molar-refractivity contribution >= 4 is 5.91 Å². The highest BCUT2D eigenvalue weighted by atomic mass is 16.2. The average Bonchev–Trinajstić information content (AvgIpc) is 2.88. The van der Waals surface area contributed by atoms with Crippen LogP contribution >= 0.6 is 0 Å². The first kappa shape index (κ1) is 9.93. The first-order valence-electron chi connectivity index (χ1n) is 5.47. The van der Waals surface area contributed by atoms with Gasteiger partial charge in [0.2, 0.25) is 5.91 Å². The molecule has 0 spiro atoms. The van der Waals surface area contributed by atoms with Crippen molar-refractivity contribution in [3.8, 4) is 0 Å². The number of nitrogens with one attached hydrogen (secondary N) is 1. The number of carbonyl (C=O) groups is 1. The zero-order valence-corrected chi connectivity index (χ0v) is 8.70. The number of hydrogen-bond acceptors (Lipinski definition) is 3. The van der Waals surface area contributed by atoms with Crippen LogP contribution in [0.5, 0.6) is 0 Å². The Balaban J connectivity index is 1.75. The van der Waals surface area contributed by atoms with Crippen LogP contribution in [0, 0.1) is 0 Å². The molecule has 2 fully saturated rings. The molecule has 14 heavy (non-hydrogen) atoms. The predicted molar refractivity (Wildman–Crippen MR) is 54.8 cm³/mol. The maximum atomic E-state index is 11.3. The molecule has 0 radical (unpaired) electrons. The molecule has 1 saturated carbocycles. The van der Waals surface area contributed by atoms with Crippen LogP contribution in [0.15, 0.2) is 0 Å². The fourth-order valence-corrected chi connectivity index (χ4v) is 2.01. The lowest BCUT2D eigenvalue weighted by Crippen LogP contribution is -2.45. The summed E-state index contributed by atoms with van der Waals surface area (Å²) >= 11 is 0. The molecule has 0 aromatic heterocycles. The van der Waals surface area contributed by atoms with Crippen molar-refractivity contribution in [1.29, 1.82) is 0 Å². The summed E-state index contributed by atoms with van der Waals surface area (Å²) in [5, 5.41) is 2.99. The van der Waals surface area contributed by atoms with Gasteiger partial charge in [0.25, 0.3) is 0 Å². The number of hydrogen-bond donors (Lipinski definition) is 2. The Labute approximate surface area is 84.8 Å². The van der Waals surface area contributed by atoms with E-state index < -0.39 is 0 Å². The highest BCUT2D eigenvalue weighted by Crippen LogP contribution is 2.29. The van der Waals surface area contributed by atoms with E-state index in [9.17, 15) is 4.79 Å². The van der Waals surface area contributed by atoms with E-state index in [1.807, 2.05) is 0 Å². The van der Waals surface area contributed by atoms with Crippen molar-refractivity contribution in [2.45, 2.75) is 44.3 Å². The fourth-order valence-electron chi connectivity index (χ4n) is 2.01. The third-order valence-corrected chi connectivity index (χ3v) is 3.04. The molecule has 4 nitrogen and oxygen atoms in total. The van der Waals surface area contributed by atoms with Crippen LogP contribution < -0.4 is 11.1 Å². The molecule has 3 N–H and O–H groups in total. The predicted octanol–water partition coefficient (Wildman–Crippen LogP) is -0.313. The second kappa shape index (κ2) is 3.87. The first-order chi connectivity index (χ1) is 6.66. The van der Waals surface area contributed by atoms with Crippen molar-refractivity contribution < 1.29 is 4.79 Å². The van der Waals surface area contributed by atoms with Crippen molar-refractivity contribution in [1.82, 2.24) is 10.2 Å². The molecule has 1 amide bonds. The van der Waals surface area contributed by atoms with Gasteiger partial charge in [-0.25, -0.2) is 0 Å². The van der Waals surface area contributed by atoms with Gasteiger partial charge in [0.05, 0.1) is 6.04 Å². The minimum absolute atomic E-state index is 0.0207. The lowest BCUT2D eigenvalue weighted by Gasteiger charge is -2.16. The largest absolute Gasteiger partial charge is 0.351 e. The van der Waals surface area contributed by atoms with E-state index in [-0.39, 0.29) is 11.9 Å². The lowest BCUT2D eigenvalue weighted by atomic mass is 10.2. The molecule has 2 atom stereocenters. The van der Waals surface area contributed by atoms with Gasteiger partial charge in [0.1, 0.15) is 0 Å². The molecule has 1 saturated heterocycles. The number of carbonyl (C=O) groups excluding carboxylic acids is 1. The van der Waals surface area contributed by atoms with Gasteiger partial charge in [-0.1, -0.05) is 0 Å². The lowest BCUT2D eigenvalue weighted by molar-refractivity contribution is -0.122. The highest BCUT2D eigenvalue weighted by Gasteiger charge is 2.34. The molecular weight excluding hydrogens is 178 g/mol. The maximum Gasteiger partial charge on any atom is 0.236 e. The van der Waals surface area contributed by atoms with Crippen LogP contribution in [0.3, 0.4) is 0 Å². The smallest absolute Gasteiger partial charge is 0.236 e. The summed E-state index contributed by atoms with van der Waals surface area (Å²) in [4.78, 5) is 13.8. The zero-order chi connectivity index (χ0) is 10.1. The molecule has 2 unspecified atom stereocenters. The quantitative estimate of drug-likeness (QED) is 0.652. The summed E-state index contributed by atoms with van der Waals surface area (Å²) in [6.45, 7) is 3.88. The van der Waals surface area contributed by atoms with Gasteiger partial charge in [-0.15, -0.1) is 0 Å². The van der Waals surface area contributed by atoms with Crippen molar-refractivity contribution in [2.75, 3.05) is 13.1 Å². The first-order valence-corrected chi connectivity index (χ1v) is 5.47. The van der Waals surface area contributed by atoms with E-state index in [0.717, 1.165) is 25.6 Å². The van der Waals surface area contributed by atoms with Gasteiger partial charge in [0, 0.05) is 25.2 Å². The van der Waals surface area contributed by atoms with Crippen LogP contribution in [0.25, 0.3) is 0 Å². The highest BCUT2D eigenvalue weighted by molar-refractivity contribution is 5.81. The van der Waals surface area contributed by atoms with Gasteiger partial charge >= 0.3 is 0 Å². The van der Waals surface area contributed by atoms with Gasteiger partial charge in [-0.3, -0.25) is 9.69 Å². The molecule has 2 rings (SSSR count). The molecule has 1 aliphatic heterocycles. The Bertz CT molecular complexity index is 225. The Hall–Kier alpha value is -0.610. The number of likely N-dealkylation sites (tertiary alicyclic amines) is 1. The molecule has 0 aromatic carbocycles.